The number of rotatable bonds is 6. The van der Waals surface area contributed by atoms with Crippen molar-refractivity contribution in [2.24, 2.45) is 22.9 Å². The van der Waals surface area contributed by atoms with E-state index in [-0.39, 0.29) is 12.8 Å². The van der Waals surface area contributed by atoms with Crippen molar-refractivity contribution in [3.63, 3.8) is 0 Å². The summed E-state index contributed by atoms with van der Waals surface area (Å²) in [6.45, 7) is -0.508. The summed E-state index contributed by atoms with van der Waals surface area (Å²) in [6, 6.07) is -4.05. The van der Waals surface area contributed by atoms with Gasteiger partial charge in [0.15, 0.2) is 18.9 Å². The van der Waals surface area contributed by atoms with Gasteiger partial charge in [-0.05, 0) is 19.9 Å². The van der Waals surface area contributed by atoms with Gasteiger partial charge in [0.05, 0.1) is 36.9 Å². The Hall–Kier alpha value is -0.640. The summed E-state index contributed by atoms with van der Waals surface area (Å²) in [7, 11) is 1.55. The van der Waals surface area contributed by atoms with Gasteiger partial charge in [0.1, 0.15) is 42.7 Å². The summed E-state index contributed by atoms with van der Waals surface area (Å²) in [5.41, 5.74) is 24.0. The van der Waals surface area contributed by atoms with E-state index in [0.29, 0.717) is 0 Å². The van der Waals surface area contributed by atoms with Gasteiger partial charge in [-0.1, -0.05) is 0 Å². The van der Waals surface area contributed by atoms with Crippen LogP contribution in [0.15, 0.2) is 0 Å². The van der Waals surface area contributed by atoms with Crippen LogP contribution < -0.4 is 28.3 Å². The molecule has 1 aliphatic carbocycles. The van der Waals surface area contributed by atoms with Gasteiger partial charge in [0, 0.05) is 12.1 Å². The molecular weight excluding hydrogens is 498 g/mol. The molecule has 15 N–H and O–H groups in total. The van der Waals surface area contributed by atoms with Gasteiger partial charge >= 0.3 is 0 Å². The second-order valence-corrected chi connectivity index (χ2v) is 10.3. The fourth-order valence-corrected chi connectivity index (χ4v) is 5.46. The Morgan fingerprint density at radius 3 is 2.08 bits per heavy atom. The average molecular weight is 540 g/mol. The van der Waals surface area contributed by atoms with Crippen LogP contribution in [0.5, 0.6) is 0 Å². The van der Waals surface area contributed by atoms with Gasteiger partial charge in [-0.25, -0.2) is 0 Å². The summed E-state index contributed by atoms with van der Waals surface area (Å²) >= 11 is 0. The monoisotopic (exact) mass is 539 g/mol. The first-order valence-electron chi connectivity index (χ1n) is 12.5. The largest absolute Gasteiger partial charge is 0.394 e. The van der Waals surface area contributed by atoms with Crippen molar-refractivity contribution < 1.29 is 54.3 Å². The molecule has 0 aromatic rings. The molecule has 0 amide bonds. The Morgan fingerprint density at radius 1 is 0.730 bits per heavy atom. The summed E-state index contributed by atoms with van der Waals surface area (Å²) in [5.74, 6) is 0. The Labute approximate surface area is 213 Å². The molecule has 4 aliphatic rings. The van der Waals surface area contributed by atoms with Crippen molar-refractivity contribution in [2.75, 3.05) is 13.7 Å². The smallest absolute Gasteiger partial charge is 0.189 e. The van der Waals surface area contributed by atoms with Crippen molar-refractivity contribution in [3.8, 4) is 0 Å². The lowest BCUT2D eigenvalue weighted by Crippen LogP contribution is -2.70. The number of nitrogens with two attached hydrogens (primary N) is 4. The maximum atomic E-state index is 11.1. The van der Waals surface area contributed by atoms with E-state index in [0.717, 1.165) is 0 Å². The fourth-order valence-electron chi connectivity index (χ4n) is 5.46. The van der Waals surface area contributed by atoms with Gasteiger partial charge in [-0.15, -0.1) is 0 Å². The third-order valence-corrected chi connectivity index (χ3v) is 7.74. The van der Waals surface area contributed by atoms with Crippen LogP contribution in [0, 0.1) is 0 Å². The molecular formula is C21H41N5O11. The van der Waals surface area contributed by atoms with Crippen LogP contribution in [0.25, 0.3) is 0 Å². The molecule has 16 heteroatoms. The standard InChI is InChI=1S/C21H41N5O11/c1-26-11-14(30)18-8(33-20(11)37-21-16(32)13(29)10(25)9(4-27)34-21)3-7(24)19(36-18)35-17-6(23)2-5(22)12(28)15(17)31/h5-21,26-32H,2-4,22-25H2,1H3/t5-,6?,7?,8?,9?,10?,11?,12?,13+,14?,15-,16?,17?,18?,19+,20?,21+/m1/s1. The van der Waals surface area contributed by atoms with Crippen LogP contribution in [-0.2, 0) is 23.7 Å². The normalized spacial score (nSPS) is 55.1. The summed E-state index contributed by atoms with van der Waals surface area (Å²) < 4.78 is 29.2. The first kappa shape index (κ1) is 29.3. The predicted octanol–water partition coefficient (Wildman–Crippen LogP) is -6.95. The van der Waals surface area contributed by atoms with E-state index in [4.69, 9.17) is 46.6 Å². The molecule has 216 valence electrons. The number of ether oxygens (including phenoxy) is 5. The van der Waals surface area contributed by atoms with Crippen LogP contribution in [0.2, 0.25) is 0 Å². The van der Waals surface area contributed by atoms with Crippen molar-refractivity contribution in [1.82, 2.24) is 5.32 Å². The lowest BCUT2D eigenvalue weighted by molar-refractivity contribution is -0.373. The molecule has 0 radical (unpaired) electrons. The molecule has 1 saturated carbocycles. The fraction of sp³-hybridized carbons (Fsp3) is 1.00. The van der Waals surface area contributed by atoms with E-state index in [1.807, 2.05) is 0 Å². The lowest BCUT2D eigenvalue weighted by Gasteiger charge is -2.51. The van der Waals surface area contributed by atoms with Crippen LogP contribution in [0.4, 0.5) is 0 Å². The van der Waals surface area contributed by atoms with E-state index in [2.05, 4.69) is 5.32 Å². The minimum absolute atomic E-state index is 0.156. The molecule has 4 fully saturated rings. The highest BCUT2D eigenvalue weighted by molar-refractivity contribution is 5.01. The number of nitrogens with one attached hydrogen (secondary N) is 1. The third-order valence-electron chi connectivity index (χ3n) is 7.74. The highest BCUT2D eigenvalue weighted by Crippen LogP contribution is 2.35. The highest BCUT2D eigenvalue weighted by atomic mass is 16.8. The summed E-state index contributed by atoms with van der Waals surface area (Å²) in [5, 5.41) is 64.7. The number of likely N-dealkylation sites (N-methyl/N-ethyl adjacent to an activating group) is 1. The highest BCUT2D eigenvalue weighted by Gasteiger charge is 2.54. The van der Waals surface area contributed by atoms with E-state index in [1.165, 1.54) is 0 Å². The number of fused-ring (bicyclic) bond motifs is 1. The van der Waals surface area contributed by atoms with E-state index < -0.39 is 111 Å². The Morgan fingerprint density at radius 2 is 1.43 bits per heavy atom. The third kappa shape index (κ3) is 5.66. The Kier molecular flexibility index (Phi) is 9.40. The topological polar surface area (TPSA) is 284 Å². The second kappa shape index (κ2) is 11.8. The number of aliphatic hydroxyl groups is 6. The summed E-state index contributed by atoms with van der Waals surface area (Å²) in [4.78, 5) is 0. The molecule has 0 spiro atoms. The summed E-state index contributed by atoms with van der Waals surface area (Å²) in [6.07, 6.45) is -13.7. The van der Waals surface area contributed by atoms with Crippen LogP contribution in [0.3, 0.4) is 0 Å². The second-order valence-electron chi connectivity index (χ2n) is 10.3. The molecule has 3 saturated heterocycles. The molecule has 16 nitrogen and oxygen atoms in total. The van der Waals surface area contributed by atoms with Crippen molar-refractivity contribution in [3.05, 3.63) is 0 Å². The zero-order valence-electron chi connectivity index (χ0n) is 20.5. The van der Waals surface area contributed by atoms with Crippen LogP contribution in [-0.4, -0.2) is 148 Å². The van der Waals surface area contributed by atoms with Gasteiger partial charge in [-0.2, -0.15) is 0 Å². The number of aliphatic hydroxyl groups excluding tert-OH is 6. The number of hydrogen-bond acceptors (Lipinski definition) is 16. The van der Waals surface area contributed by atoms with Crippen molar-refractivity contribution in [1.29, 1.82) is 0 Å². The maximum absolute atomic E-state index is 11.1. The average Bonchev–Trinajstić information content (AvgIpc) is 2.86. The van der Waals surface area contributed by atoms with Crippen LogP contribution >= 0.6 is 0 Å². The Balaban J connectivity index is 1.43. The number of hydrogen-bond donors (Lipinski definition) is 11. The van der Waals surface area contributed by atoms with Crippen molar-refractivity contribution >= 4 is 0 Å². The molecule has 12 unspecified atom stereocenters. The van der Waals surface area contributed by atoms with Gasteiger partial charge in [0.2, 0.25) is 0 Å². The predicted molar refractivity (Wildman–Crippen MR) is 123 cm³/mol. The molecule has 3 heterocycles. The Bertz CT molecular complexity index is 756. The van der Waals surface area contributed by atoms with Crippen molar-refractivity contribution in [2.45, 2.75) is 117 Å². The van der Waals surface area contributed by atoms with E-state index in [9.17, 15) is 30.6 Å². The zero-order chi connectivity index (χ0) is 27.2. The first-order valence-corrected chi connectivity index (χ1v) is 12.5. The lowest BCUT2D eigenvalue weighted by atomic mass is 9.84. The minimum atomic E-state index is -1.54. The first-order chi connectivity index (χ1) is 17.5. The molecule has 3 aliphatic heterocycles. The van der Waals surface area contributed by atoms with E-state index >= 15 is 0 Å². The van der Waals surface area contributed by atoms with Gasteiger partial charge in [0.25, 0.3) is 0 Å². The van der Waals surface area contributed by atoms with Crippen LogP contribution in [0.1, 0.15) is 12.8 Å². The molecule has 37 heavy (non-hydrogen) atoms. The zero-order valence-corrected chi connectivity index (χ0v) is 20.5. The molecule has 0 bridgehead atoms. The molecule has 4 rings (SSSR count). The molecule has 0 aromatic carbocycles. The quantitative estimate of drug-likeness (QED) is 0.149. The van der Waals surface area contributed by atoms with Gasteiger partial charge < -0.3 is 82.6 Å². The molecule has 0 aromatic heterocycles. The maximum Gasteiger partial charge on any atom is 0.189 e. The van der Waals surface area contributed by atoms with Gasteiger partial charge in [-0.3, -0.25) is 0 Å². The molecule has 17 atom stereocenters. The minimum Gasteiger partial charge on any atom is -0.394 e. The SMILES string of the molecule is CNC1C(O[C@@H]2OC(CO)C(N)[C@H](O)C2O)OC2CC(N)[C@@H](OC3C(N)C[C@@H](N)C(O)[C@H]3O)OC2C1O. The van der Waals surface area contributed by atoms with E-state index in [1.54, 1.807) is 7.05 Å².